The summed E-state index contributed by atoms with van der Waals surface area (Å²) in [6.45, 7) is 3.79. The molecule has 1 heterocycles. The molecule has 8 heteroatoms. The molecule has 0 aliphatic carbocycles. The molecular weight excluding hydrogens is 462 g/mol. The van der Waals surface area contributed by atoms with Crippen LogP contribution in [0.4, 0.5) is 5.69 Å². The summed E-state index contributed by atoms with van der Waals surface area (Å²) in [5, 5.41) is 7.41. The minimum atomic E-state index is -0.349. The number of aryl methyl sites for hydroxylation is 2. The van der Waals surface area contributed by atoms with Crippen LogP contribution in [0.2, 0.25) is 5.02 Å². The zero-order valence-corrected chi connectivity index (χ0v) is 19.8. The molecular formula is C24H20ClN3O2S2. The predicted molar refractivity (Wildman–Crippen MR) is 136 cm³/mol. The third kappa shape index (κ3) is 5.43. The molecule has 0 bridgehead atoms. The Bertz CT molecular complexity index is 1300. The van der Waals surface area contributed by atoms with Crippen LogP contribution < -0.4 is 15.4 Å². The highest BCUT2D eigenvalue weighted by molar-refractivity contribution is 7.80. The van der Waals surface area contributed by atoms with Crippen molar-refractivity contribution >= 4 is 62.1 Å². The lowest BCUT2D eigenvalue weighted by Crippen LogP contribution is -2.37. The van der Waals surface area contributed by atoms with Gasteiger partial charge in [-0.25, -0.2) is 4.98 Å². The number of hydrogen-bond acceptors (Lipinski definition) is 5. The Hall–Kier alpha value is -3.00. The van der Waals surface area contributed by atoms with E-state index in [1.165, 1.54) is 10.3 Å². The van der Waals surface area contributed by atoms with Crippen LogP contribution in [0.5, 0.6) is 5.75 Å². The molecule has 0 radical (unpaired) electrons. The van der Waals surface area contributed by atoms with Crippen molar-refractivity contribution in [2.75, 3.05) is 11.9 Å². The zero-order valence-electron chi connectivity index (χ0n) is 17.4. The Labute approximate surface area is 200 Å². The summed E-state index contributed by atoms with van der Waals surface area (Å²) in [5.41, 5.74) is 4.87. The maximum Gasteiger partial charge on any atom is 0.264 e. The molecule has 162 valence electrons. The van der Waals surface area contributed by atoms with E-state index in [2.05, 4.69) is 29.7 Å². The van der Waals surface area contributed by atoms with E-state index < -0.39 is 0 Å². The minimum Gasteiger partial charge on any atom is -0.483 e. The van der Waals surface area contributed by atoms with Crippen molar-refractivity contribution in [3.8, 4) is 16.3 Å². The number of carbonyl (C=O) groups is 1. The first-order chi connectivity index (χ1) is 15.4. The standard InChI is InChI=1S/C24H20ClN3O2S2/c1-14-3-9-19-21(11-14)32-23(27-19)16-4-7-18(8-5-16)26-24(31)28-22(29)13-30-20-10-6-17(25)12-15(20)2/h3-12H,13H2,1-2H3,(H2,26,28,29,31). The third-order valence-corrected chi connectivity index (χ3v) is 6.19. The van der Waals surface area contributed by atoms with Gasteiger partial charge in [-0.2, -0.15) is 0 Å². The zero-order chi connectivity index (χ0) is 22.7. The third-order valence-electron chi connectivity index (χ3n) is 4.68. The summed E-state index contributed by atoms with van der Waals surface area (Å²) < 4.78 is 6.71. The Kier molecular flexibility index (Phi) is 6.69. The van der Waals surface area contributed by atoms with Gasteiger partial charge in [-0.3, -0.25) is 10.1 Å². The molecule has 5 nitrogen and oxygen atoms in total. The number of rotatable bonds is 5. The molecule has 0 aliphatic heterocycles. The number of anilines is 1. The highest BCUT2D eigenvalue weighted by atomic mass is 35.5. The van der Waals surface area contributed by atoms with Crippen molar-refractivity contribution in [2.24, 2.45) is 0 Å². The molecule has 2 N–H and O–H groups in total. The van der Waals surface area contributed by atoms with Crippen molar-refractivity contribution in [3.63, 3.8) is 0 Å². The fraction of sp³-hybridized carbons (Fsp3) is 0.125. The summed E-state index contributed by atoms with van der Waals surface area (Å²) >= 11 is 12.8. The van der Waals surface area contributed by atoms with Crippen LogP contribution in [-0.4, -0.2) is 22.6 Å². The maximum absolute atomic E-state index is 12.1. The van der Waals surface area contributed by atoms with E-state index in [-0.39, 0.29) is 17.6 Å². The summed E-state index contributed by atoms with van der Waals surface area (Å²) in [5.74, 6) is 0.252. The molecule has 0 aliphatic rings. The summed E-state index contributed by atoms with van der Waals surface area (Å²) in [6.07, 6.45) is 0. The molecule has 1 amide bonds. The molecule has 1 aromatic heterocycles. The van der Waals surface area contributed by atoms with Gasteiger partial charge < -0.3 is 10.1 Å². The number of hydrogen-bond donors (Lipinski definition) is 2. The van der Waals surface area contributed by atoms with Gasteiger partial charge in [0, 0.05) is 16.3 Å². The van der Waals surface area contributed by atoms with Gasteiger partial charge >= 0.3 is 0 Å². The Morgan fingerprint density at radius 1 is 1.09 bits per heavy atom. The van der Waals surface area contributed by atoms with Gasteiger partial charge in [0.05, 0.1) is 10.2 Å². The number of nitrogens with one attached hydrogen (secondary N) is 2. The molecule has 0 atom stereocenters. The van der Waals surface area contributed by atoms with Crippen molar-refractivity contribution in [2.45, 2.75) is 13.8 Å². The van der Waals surface area contributed by atoms with E-state index in [4.69, 9.17) is 33.5 Å². The summed E-state index contributed by atoms with van der Waals surface area (Å²) in [6, 6.07) is 19.2. The van der Waals surface area contributed by atoms with Crippen LogP contribution in [0.3, 0.4) is 0 Å². The lowest BCUT2D eigenvalue weighted by Gasteiger charge is -2.12. The summed E-state index contributed by atoms with van der Waals surface area (Å²) in [7, 11) is 0. The number of benzene rings is 3. The van der Waals surface area contributed by atoms with Gasteiger partial charge in [-0.15, -0.1) is 11.3 Å². The number of carbonyl (C=O) groups excluding carboxylic acids is 1. The number of thiocarbonyl (C=S) groups is 1. The number of fused-ring (bicyclic) bond motifs is 1. The lowest BCUT2D eigenvalue weighted by molar-refractivity contribution is -0.121. The number of nitrogens with zero attached hydrogens (tertiary/aromatic N) is 1. The lowest BCUT2D eigenvalue weighted by atomic mass is 10.2. The number of amides is 1. The van der Waals surface area contributed by atoms with Gasteiger partial charge in [-0.1, -0.05) is 17.7 Å². The topological polar surface area (TPSA) is 63.2 Å². The quantitative estimate of drug-likeness (QED) is 0.336. The number of ether oxygens (including phenoxy) is 1. The predicted octanol–water partition coefficient (Wildman–Crippen LogP) is 6.13. The number of thiazole rings is 1. The van der Waals surface area contributed by atoms with Crippen LogP contribution in [0.15, 0.2) is 60.7 Å². The second-order valence-corrected chi connectivity index (χ2v) is 9.14. The molecule has 0 saturated heterocycles. The largest absolute Gasteiger partial charge is 0.483 e. The smallest absolute Gasteiger partial charge is 0.264 e. The van der Waals surface area contributed by atoms with Gasteiger partial charge in [0.2, 0.25) is 0 Å². The van der Waals surface area contributed by atoms with Crippen LogP contribution in [0.1, 0.15) is 11.1 Å². The Balaban J connectivity index is 1.32. The first-order valence-corrected chi connectivity index (χ1v) is 11.4. The first-order valence-electron chi connectivity index (χ1n) is 9.85. The molecule has 0 saturated carbocycles. The van der Waals surface area contributed by atoms with E-state index in [1.807, 2.05) is 37.3 Å². The average molecular weight is 482 g/mol. The molecule has 0 unspecified atom stereocenters. The molecule has 0 fully saturated rings. The maximum atomic E-state index is 12.1. The summed E-state index contributed by atoms with van der Waals surface area (Å²) in [4.78, 5) is 16.9. The van der Waals surface area contributed by atoms with Gasteiger partial charge in [0.15, 0.2) is 11.7 Å². The molecule has 0 spiro atoms. The highest BCUT2D eigenvalue weighted by Crippen LogP contribution is 2.31. The van der Waals surface area contributed by atoms with Crippen molar-refractivity contribution in [1.82, 2.24) is 10.3 Å². The fourth-order valence-corrected chi connectivity index (χ4v) is 4.62. The normalized spacial score (nSPS) is 10.7. The molecule has 32 heavy (non-hydrogen) atoms. The van der Waals surface area contributed by atoms with Crippen LogP contribution in [0.25, 0.3) is 20.8 Å². The van der Waals surface area contributed by atoms with Crippen molar-refractivity contribution < 1.29 is 9.53 Å². The first kappa shape index (κ1) is 22.2. The second kappa shape index (κ2) is 9.65. The Morgan fingerprint density at radius 2 is 1.88 bits per heavy atom. The second-order valence-electron chi connectivity index (χ2n) is 7.27. The van der Waals surface area contributed by atoms with Crippen molar-refractivity contribution in [3.05, 3.63) is 76.8 Å². The van der Waals surface area contributed by atoms with E-state index in [0.717, 1.165) is 27.3 Å². The van der Waals surface area contributed by atoms with E-state index >= 15 is 0 Å². The van der Waals surface area contributed by atoms with E-state index in [9.17, 15) is 4.79 Å². The molecule has 4 rings (SSSR count). The van der Waals surface area contributed by atoms with Gasteiger partial charge in [0.25, 0.3) is 5.91 Å². The van der Waals surface area contributed by atoms with Gasteiger partial charge in [-0.05, 0) is 91.8 Å². The SMILES string of the molecule is Cc1ccc2nc(-c3ccc(NC(=S)NC(=O)COc4ccc(Cl)cc4C)cc3)sc2c1. The van der Waals surface area contributed by atoms with E-state index in [1.54, 1.807) is 29.5 Å². The highest BCUT2D eigenvalue weighted by Gasteiger charge is 2.09. The molecule has 3 aromatic carbocycles. The molecule has 4 aromatic rings. The van der Waals surface area contributed by atoms with E-state index in [0.29, 0.717) is 10.8 Å². The van der Waals surface area contributed by atoms with Crippen LogP contribution in [0, 0.1) is 13.8 Å². The minimum absolute atomic E-state index is 0.152. The van der Waals surface area contributed by atoms with Crippen LogP contribution >= 0.6 is 35.2 Å². The Morgan fingerprint density at radius 3 is 2.62 bits per heavy atom. The van der Waals surface area contributed by atoms with Crippen LogP contribution in [-0.2, 0) is 4.79 Å². The monoisotopic (exact) mass is 481 g/mol. The number of halogens is 1. The fourth-order valence-electron chi connectivity index (χ4n) is 3.09. The average Bonchev–Trinajstić information content (AvgIpc) is 3.16. The van der Waals surface area contributed by atoms with Gasteiger partial charge in [0.1, 0.15) is 10.8 Å². The number of aromatic nitrogens is 1. The van der Waals surface area contributed by atoms with Crippen molar-refractivity contribution in [1.29, 1.82) is 0 Å².